The van der Waals surface area contributed by atoms with Crippen LogP contribution in [0.3, 0.4) is 0 Å². The Morgan fingerprint density at radius 1 is 1.06 bits per heavy atom. The van der Waals surface area contributed by atoms with Gasteiger partial charge in [0, 0.05) is 17.8 Å². The van der Waals surface area contributed by atoms with E-state index in [9.17, 15) is 0 Å². The van der Waals surface area contributed by atoms with Gasteiger partial charge in [0.1, 0.15) is 0 Å². The van der Waals surface area contributed by atoms with E-state index in [1.165, 1.54) is 56.6 Å². The molecule has 0 spiro atoms. The summed E-state index contributed by atoms with van der Waals surface area (Å²) in [5, 5.41) is 3.99. The molecule has 4 aliphatic carbocycles. The molecule has 1 N–H and O–H groups in total. The fourth-order valence-electron chi connectivity index (χ4n) is 6.18. The van der Waals surface area contributed by atoms with Crippen molar-refractivity contribution in [2.75, 3.05) is 18.1 Å². The van der Waals surface area contributed by atoms with E-state index >= 15 is 0 Å². The lowest BCUT2D eigenvalue weighted by molar-refractivity contribution is -0.117. The Bertz CT molecular complexity index is 309. The van der Waals surface area contributed by atoms with E-state index in [2.05, 4.69) is 37.8 Å². The summed E-state index contributed by atoms with van der Waals surface area (Å²) >= 11 is 2.07. The van der Waals surface area contributed by atoms with Gasteiger partial charge in [0.25, 0.3) is 0 Å². The van der Waals surface area contributed by atoms with E-state index in [-0.39, 0.29) is 0 Å². The van der Waals surface area contributed by atoms with Gasteiger partial charge in [-0.15, -0.1) is 0 Å². The Balaban J connectivity index is 1.69. The number of thioether (sulfide) groups is 1. The minimum absolute atomic E-state index is 0.511. The fraction of sp³-hybridized carbons (Fsp3) is 1.00. The Kier molecular flexibility index (Phi) is 3.26. The zero-order valence-electron chi connectivity index (χ0n) is 12.3. The van der Waals surface area contributed by atoms with Gasteiger partial charge in [-0.1, -0.05) is 20.8 Å². The minimum Gasteiger partial charge on any atom is -0.310 e. The molecule has 2 unspecified atom stereocenters. The highest BCUT2D eigenvalue weighted by Gasteiger charge is 2.59. The lowest BCUT2D eigenvalue weighted by Gasteiger charge is -2.65. The zero-order chi connectivity index (χ0) is 12.9. The van der Waals surface area contributed by atoms with Gasteiger partial charge in [0.2, 0.25) is 0 Å². The van der Waals surface area contributed by atoms with E-state index in [4.69, 9.17) is 0 Å². The predicted octanol–water partition coefficient (Wildman–Crippen LogP) is 4.08. The maximum atomic E-state index is 3.99. The number of hydrogen-bond acceptors (Lipinski definition) is 2. The molecule has 0 amide bonds. The molecule has 0 heterocycles. The van der Waals surface area contributed by atoms with Crippen LogP contribution >= 0.6 is 11.8 Å². The van der Waals surface area contributed by atoms with Gasteiger partial charge in [0.05, 0.1) is 0 Å². The number of nitrogens with one attached hydrogen (secondary N) is 1. The molecular formula is C16H29NS. The average Bonchev–Trinajstić information content (AvgIpc) is 2.19. The van der Waals surface area contributed by atoms with Crippen molar-refractivity contribution in [3.63, 3.8) is 0 Å². The van der Waals surface area contributed by atoms with Crippen LogP contribution in [-0.2, 0) is 0 Å². The first-order valence-electron chi connectivity index (χ1n) is 7.79. The second-order valence-corrected chi connectivity index (χ2v) is 9.43. The van der Waals surface area contributed by atoms with Gasteiger partial charge in [0.15, 0.2) is 0 Å². The molecule has 2 atom stereocenters. The second kappa shape index (κ2) is 4.41. The van der Waals surface area contributed by atoms with E-state index in [0.29, 0.717) is 16.4 Å². The van der Waals surface area contributed by atoms with Crippen molar-refractivity contribution in [2.45, 2.75) is 64.8 Å². The lowest BCUT2D eigenvalue weighted by atomic mass is 9.43. The van der Waals surface area contributed by atoms with E-state index in [1.54, 1.807) is 0 Å². The van der Waals surface area contributed by atoms with Crippen LogP contribution in [0.15, 0.2) is 0 Å². The van der Waals surface area contributed by atoms with E-state index < -0.39 is 0 Å². The normalized spacial score (nSPS) is 49.8. The van der Waals surface area contributed by atoms with Crippen LogP contribution in [0, 0.1) is 16.7 Å². The maximum absolute atomic E-state index is 3.99. The zero-order valence-corrected chi connectivity index (χ0v) is 13.2. The highest BCUT2D eigenvalue weighted by molar-refractivity contribution is 7.99. The second-order valence-electron chi connectivity index (χ2n) is 8.03. The number of rotatable bonds is 5. The van der Waals surface area contributed by atoms with Gasteiger partial charge in [-0.3, -0.25) is 0 Å². The molecule has 4 aliphatic rings. The summed E-state index contributed by atoms with van der Waals surface area (Å²) in [6.45, 7) is 8.61. The molecule has 0 aromatic rings. The Morgan fingerprint density at radius 2 is 1.72 bits per heavy atom. The molecule has 104 valence electrons. The lowest BCUT2D eigenvalue weighted by Crippen LogP contribution is -2.64. The summed E-state index contributed by atoms with van der Waals surface area (Å²) in [6, 6.07) is 0. The van der Waals surface area contributed by atoms with Crippen molar-refractivity contribution in [1.29, 1.82) is 0 Å². The van der Waals surface area contributed by atoms with Crippen LogP contribution in [0.4, 0.5) is 0 Å². The topological polar surface area (TPSA) is 12.0 Å². The molecular weight excluding hydrogens is 238 g/mol. The summed E-state index contributed by atoms with van der Waals surface area (Å²) in [7, 11) is 0. The van der Waals surface area contributed by atoms with Crippen LogP contribution in [0.2, 0.25) is 0 Å². The molecule has 4 bridgehead atoms. The summed E-state index contributed by atoms with van der Waals surface area (Å²) in [6.07, 6.45) is 8.87. The van der Waals surface area contributed by atoms with Gasteiger partial charge in [-0.25, -0.2) is 0 Å². The van der Waals surface area contributed by atoms with Crippen molar-refractivity contribution < 1.29 is 0 Å². The van der Waals surface area contributed by atoms with Crippen molar-refractivity contribution in [1.82, 2.24) is 5.32 Å². The Hall–Kier alpha value is 0.310. The van der Waals surface area contributed by atoms with E-state index in [0.717, 1.165) is 5.92 Å². The van der Waals surface area contributed by atoms with Crippen LogP contribution in [0.1, 0.15) is 59.3 Å². The third kappa shape index (κ3) is 2.35. The molecule has 18 heavy (non-hydrogen) atoms. The molecule has 0 aromatic carbocycles. The molecule has 0 radical (unpaired) electrons. The van der Waals surface area contributed by atoms with Crippen molar-refractivity contribution >= 4 is 11.8 Å². The smallest absolute Gasteiger partial charge is 0.0194 e. The molecule has 0 aromatic heterocycles. The average molecular weight is 267 g/mol. The Morgan fingerprint density at radius 3 is 2.28 bits per heavy atom. The summed E-state index contributed by atoms with van der Waals surface area (Å²) in [5.74, 6) is 3.56. The largest absolute Gasteiger partial charge is 0.310 e. The van der Waals surface area contributed by atoms with Crippen LogP contribution in [0.5, 0.6) is 0 Å². The summed E-state index contributed by atoms with van der Waals surface area (Å²) in [4.78, 5) is 0. The first kappa shape index (κ1) is 13.3. The predicted molar refractivity (Wildman–Crippen MR) is 81.1 cm³/mol. The molecule has 4 rings (SSSR count). The van der Waals surface area contributed by atoms with Crippen molar-refractivity contribution in [2.24, 2.45) is 16.7 Å². The van der Waals surface area contributed by atoms with Crippen LogP contribution < -0.4 is 5.32 Å². The summed E-state index contributed by atoms with van der Waals surface area (Å²) < 4.78 is 0. The third-order valence-corrected chi connectivity index (χ3v) is 6.48. The van der Waals surface area contributed by atoms with Gasteiger partial charge in [-0.05, 0) is 61.0 Å². The molecule has 0 saturated heterocycles. The monoisotopic (exact) mass is 267 g/mol. The molecule has 4 fully saturated rings. The maximum Gasteiger partial charge on any atom is 0.0194 e. The first-order chi connectivity index (χ1) is 8.47. The van der Waals surface area contributed by atoms with Gasteiger partial charge < -0.3 is 5.32 Å². The minimum atomic E-state index is 0.511. The fourth-order valence-corrected chi connectivity index (χ4v) is 6.71. The molecule has 2 heteroatoms. The van der Waals surface area contributed by atoms with Crippen LogP contribution in [0.25, 0.3) is 0 Å². The van der Waals surface area contributed by atoms with Crippen molar-refractivity contribution in [3.8, 4) is 0 Å². The molecule has 4 saturated carbocycles. The number of hydrogen-bond donors (Lipinski definition) is 1. The molecule has 1 nitrogen and oxygen atoms in total. The SMILES string of the molecule is CCSCCNC12CC3CC(C)(CC(C)(C3)C1)C2. The highest BCUT2D eigenvalue weighted by atomic mass is 32.2. The highest BCUT2D eigenvalue weighted by Crippen LogP contribution is 2.66. The van der Waals surface area contributed by atoms with Crippen LogP contribution in [-0.4, -0.2) is 23.6 Å². The first-order valence-corrected chi connectivity index (χ1v) is 8.95. The van der Waals surface area contributed by atoms with Crippen molar-refractivity contribution in [3.05, 3.63) is 0 Å². The molecule has 0 aliphatic heterocycles. The van der Waals surface area contributed by atoms with E-state index in [1.807, 2.05) is 0 Å². The standard InChI is InChI=1S/C16H29NS/c1-4-18-6-5-17-16-9-13-7-14(2,11-16)10-15(3,8-13)12-16/h13,17H,4-12H2,1-3H3. The van der Waals surface area contributed by atoms with Gasteiger partial charge in [-0.2, -0.15) is 11.8 Å². The van der Waals surface area contributed by atoms with Gasteiger partial charge >= 0.3 is 0 Å². The Labute approximate surface area is 117 Å². The third-order valence-electron chi connectivity index (χ3n) is 5.58. The quantitative estimate of drug-likeness (QED) is 0.753. The summed E-state index contributed by atoms with van der Waals surface area (Å²) in [5.41, 5.74) is 1.81.